The number of halogens is 3. The van der Waals surface area contributed by atoms with Crippen LogP contribution in [0.3, 0.4) is 0 Å². The zero-order valence-electron chi connectivity index (χ0n) is 10.9. The number of benzene rings is 2. The average molecular weight is 366 g/mol. The van der Waals surface area contributed by atoms with Crippen molar-refractivity contribution in [3.05, 3.63) is 75.1 Å². The van der Waals surface area contributed by atoms with Gasteiger partial charge in [0.1, 0.15) is 5.82 Å². The molecule has 5 heteroatoms. The highest BCUT2D eigenvalue weighted by molar-refractivity contribution is 9.10. The summed E-state index contributed by atoms with van der Waals surface area (Å²) in [7, 11) is 0. The fourth-order valence-corrected chi connectivity index (χ4v) is 2.83. The van der Waals surface area contributed by atoms with Crippen molar-refractivity contribution in [2.75, 3.05) is 0 Å². The normalized spacial score (nSPS) is 12.6. The van der Waals surface area contributed by atoms with Crippen LogP contribution >= 0.6 is 27.5 Å². The number of nitrogens with two attached hydrogens (primary N) is 1. The second kappa shape index (κ2) is 5.72. The number of nitrogens with zero attached hydrogens (tertiary/aromatic N) is 1. The minimum absolute atomic E-state index is 0.0429. The van der Waals surface area contributed by atoms with Crippen molar-refractivity contribution >= 4 is 38.4 Å². The Labute approximate surface area is 134 Å². The van der Waals surface area contributed by atoms with E-state index in [9.17, 15) is 4.39 Å². The van der Waals surface area contributed by atoms with E-state index in [1.54, 1.807) is 18.3 Å². The fraction of sp³-hybridized carbons (Fsp3) is 0.0625. The minimum atomic E-state index is -0.608. The number of hydrogen-bond acceptors (Lipinski definition) is 2. The Balaban J connectivity index is 2.17. The molecule has 21 heavy (non-hydrogen) atoms. The molecule has 1 heterocycles. The first-order valence-corrected chi connectivity index (χ1v) is 7.49. The molecule has 106 valence electrons. The van der Waals surface area contributed by atoms with Crippen LogP contribution in [0.15, 0.2) is 53.1 Å². The molecule has 3 rings (SSSR count). The standard InChI is InChI=1S/C16H11BrClFN2/c17-12-7-6-11(15(19)14(12)18)16(20)10-3-1-5-13-9(10)4-2-8-21-13/h1-8,16H,20H2. The van der Waals surface area contributed by atoms with Crippen LogP contribution in [0.5, 0.6) is 0 Å². The predicted molar refractivity (Wildman–Crippen MR) is 86.9 cm³/mol. The Hall–Kier alpha value is -1.49. The van der Waals surface area contributed by atoms with Gasteiger partial charge in [-0.1, -0.05) is 35.9 Å². The van der Waals surface area contributed by atoms with Crippen molar-refractivity contribution in [3.63, 3.8) is 0 Å². The van der Waals surface area contributed by atoms with Gasteiger partial charge in [-0.05, 0) is 39.7 Å². The molecule has 0 aliphatic carbocycles. The third-order valence-electron chi connectivity index (χ3n) is 3.41. The lowest BCUT2D eigenvalue weighted by Crippen LogP contribution is -2.14. The molecule has 0 fully saturated rings. The quantitative estimate of drug-likeness (QED) is 0.660. The lowest BCUT2D eigenvalue weighted by molar-refractivity contribution is 0.600. The second-order valence-electron chi connectivity index (χ2n) is 4.66. The highest BCUT2D eigenvalue weighted by atomic mass is 79.9. The monoisotopic (exact) mass is 364 g/mol. The predicted octanol–water partition coefficient (Wildman–Crippen LogP) is 4.84. The van der Waals surface area contributed by atoms with E-state index in [1.807, 2.05) is 30.3 Å². The number of fused-ring (bicyclic) bond motifs is 1. The van der Waals surface area contributed by atoms with Crippen molar-refractivity contribution in [1.29, 1.82) is 0 Å². The van der Waals surface area contributed by atoms with Gasteiger partial charge < -0.3 is 5.73 Å². The van der Waals surface area contributed by atoms with Crippen molar-refractivity contribution in [3.8, 4) is 0 Å². The SMILES string of the molecule is NC(c1ccc(Br)c(Cl)c1F)c1cccc2ncccc12. The molecule has 2 aromatic carbocycles. The molecule has 1 unspecified atom stereocenters. The van der Waals surface area contributed by atoms with Crippen LogP contribution in [0.25, 0.3) is 10.9 Å². The molecule has 0 spiro atoms. The van der Waals surface area contributed by atoms with Crippen molar-refractivity contribution in [2.24, 2.45) is 5.73 Å². The lowest BCUT2D eigenvalue weighted by atomic mass is 9.95. The highest BCUT2D eigenvalue weighted by Crippen LogP contribution is 2.33. The van der Waals surface area contributed by atoms with Gasteiger partial charge in [0, 0.05) is 21.6 Å². The molecular weight excluding hydrogens is 355 g/mol. The summed E-state index contributed by atoms with van der Waals surface area (Å²) in [6, 6.07) is 12.1. The molecule has 0 bridgehead atoms. The molecule has 2 N–H and O–H groups in total. The summed E-state index contributed by atoms with van der Waals surface area (Å²) in [6.45, 7) is 0. The van der Waals surface area contributed by atoms with E-state index in [4.69, 9.17) is 17.3 Å². The Morgan fingerprint density at radius 2 is 1.90 bits per heavy atom. The first-order chi connectivity index (χ1) is 10.1. The Bertz CT molecular complexity index is 817. The minimum Gasteiger partial charge on any atom is -0.320 e. The van der Waals surface area contributed by atoms with E-state index in [-0.39, 0.29) is 5.02 Å². The smallest absolute Gasteiger partial charge is 0.148 e. The van der Waals surface area contributed by atoms with Gasteiger partial charge in [-0.2, -0.15) is 0 Å². The zero-order chi connectivity index (χ0) is 15.0. The number of aromatic nitrogens is 1. The molecule has 0 saturated heterocycles. The van der Waals surface area contributed by atoms with Gasteiger partial charge in [-0.15, -0.1) is 0 Å². The summed E-state index contributed by atoms with van der Waals surface area (Å²) < 4.78 is 14.9. The third-order valence-corrected chi connectivity index (χ3v) is 4.67. The Morgan fingerprint density at radius 3 is 2.71 bits per heavy atom. The summed E-state index contributed by atoms with van der Waals surface area (Å²) in [4.78, 5) is 4.29. The van der Waals surface area contributed by atoms with E-state index < -0.39 is 11.9 Å². The highest BCUT2D eigenvalue weighted by Gasteiger charge is 2.19. The summed E-state index contributed by atoms with van der Waals surface area (Å²) >= 11 is 9.15. The van der Waals surface area contributed by atoms with Gasteiger partial charge in [0.25, 0.3) is 0 Å². The molecule has 0 saturated carbocycles. The van der Waals surface area contributed by atoms with Gasteiger partial charge >= 0.3 is 0 Å². The number of pyridine rings is 1. The fourth-order valence-electron chi connectivity index (χ4n) is 2.35. The molecule has 0 aliphatic rings. The van der Waals surface area contributed by atoms with Crippen LogP contribution in [-0.4, -0.2) is 4.98 Å². The summed E-state index contributed by atoms with van der Waals surface area (Å²) in [5.74, 6) is -0.501. The molecule has 0 radical (unpaired) electrons. The lowest BCUT2D eigenvalue weighted by Gasteiger charge is -2.16. The van der Waals surface area contributed by atoms with E-state index >= 15 is 0 Å². The molecule has 2 nitrogen and oxygen atoms in total. The maximum absolute atomic E-state index is 14.3. The van der Waals surface area contributed by atoms with Gasteiger partial charge in [0.15, 0.2) is 0 Å². The number of rotatable bonds is 2. The Kier molecular flexibility index (Phi) is 3.93. The van der Waals surface area contributed by atoms with Crippen LogP contribution < -0.4 is 5.73 Å². The molecule has 1 aromatic heterocycles. The van der Waals surface area contributed by atoms with Crippen LogP contribution in [0.4, 0.5) is 4.39 Å². The van der Waals surface area contributed by atoms with Crippen molar-refractivity contribution < 1.29 is 4.39 Å². The van der Waals surface area contributed by atoms with Crippen LogP contribution in [0.1, 0.15) is 17.2 Å². The third kappa shape index (κ3) is 2.55. The largest absolute Gasteiger partial charge is 0.320 e. The average Bonchev–Trinajstić information content (AvgIpc) is 2.51. The van der Waals surface area contributed by atoms with Gasteiger partial charge in [0.2, 0.25) is 0 Å². The van der Waals surface area contributed by atoms with E-state index in [1.165, 1.54) is 0 Å². The summed E-state index contributed by atoms with van der Waals surface area (Å²) in [5.41, 5.74) is 8.27. The van der Waals surface area contributed by atoms with E-state index in [0.29, 0.717) is 10.0 Å². The van der Waals surface area contributed by atoms with E-state index in [0.717, 1.165) is 16.5 Å². The first kappa shape index (κ1) is 14.4. The van der Waals surface area contributed by atoms with Crippen LogP contribution in [0.2, 0.25) is 5.02 Å². The zero-order valence-corrected chi connectivity index (χ0v) is 13.2. The van der Waals surface area contributed by atoms with Crippen LogP contribution in [-0.2, 0) is 0 Å². The maximum Gasteiger partial charge on any atom is 0.148 e. The first-order valence-electron chi connectivity index (χ1n) is 6.32. The Morgan fingerprint density at radius 1 is 1.10 bits per heavy atom. The molecule has 0 amide bonds. The molecule has 1 atom stereocenters. The van der Waals surface area contributed by atoms with Crippen molar-refractivity contribution in [1.82, 2.24) is 4.98 Å². The maximum atomic E-state index is 14.3. The second-order valence-corrected chi connectivity index (χ2v) is 5.89. The summed E-state index contributed by atoms with van der Waals surface area (Å²) in [6.07, 6.45) is 1.72. The van der Waals surface area contributed by atoms with Crippen LogP contribution in [0, 0.1) is 5.82 Å². The van der Waals surface area contributed by atoms with Gasteiger partial charge in [-0.25, -0.2) is 4.39 Å². The van der Waals surface area contributed by atoms with Crippen molar-refractivity contribution in [2.45, 2.75) is 6.04 Å². The summed E-state index contributed by atoms with van der Waals surface area (Å²) in [5, 5.41) is 0.951. The van der Waals surface area contributed by atoms with Gasteiger partial charge in [0.05, 0.1) is 16.6 Å². The molecule has 3 aromatic rings. The molecule has 0 aliphatic heterocycles. The number of hydrogen-bond donors (Lipinski definition) is 1. The topological polar surface area (TPSA) is 38.9 Å². The van der Waals surface area contributed by atoms with Gasteiger partial charge in [-0.3, -0.25) is 4.98 Å². The van der Waals surface area contributed by atoms with E-state index in [2.05, 4.69) is 20.9 Å². The molecular formula is C16H11BrClFN2.